The number of hydrogen-bond acceptors (Lipinski definition) is 7. The van der Waals surface area contributed by atoms with E-state index in [0.717, 1.165) is 6.07 Å². The van der Waals surface area contributed by atoms with Crippen LogP contribution in [0.4, 0.5) is 5.69 Å². The Bertz CT molecular complexity index is 1480. The van der Waals surface area contributed by atoms with Crippen molar-refractivity contribution < 1.29 is 13.3 Å². The summed E-state index contributed by atoms with van der Waals surface area (Å²) in [6.07, 6.45) is 0.688. The lowest BCUT2D eigenvalue weighted by Crippen LogP contribution is -2.55. The number of piperazine rings is 1. The van der Waals surface area contributed by atoms with Crippen LogP contribution in [0, 0.1) is 10.1 Å². The van der Waals surface area contributed by atoms with Gasteiger partial charge < -0.3 is 0 Å². The smallest absolute Gasteiger partial charge is 0.289 e. The molecular formula is C24H28ClN5O5S. The molecule has 0 bridgehead atoms. The number of nitro benzene ring substituents is 1. The molecule has 12 heteroatoms. The largest absolute Gasteiger partial charge is 0.295 e. The maximum absolute atomic E-state index is 13.4. The first-order valence-corrected chi connectivity index (χ1v) is 13.6. The Labute approximate surface area is 214 Å². The lowest BCUT2D eigenvalue weighted by molar-refractivity contribution is -0.384. The second-order valence-electron chi connectivity index (χ2n) is 8.79. The lowest BCUT2D eigenvalue weighted by atomic mass is 10.1. The van der Waals surface area contributed by atoms with Gasteiger partial charge in [-0.1, -0.05) is 30.7 Å². The van der Waals surface area contributed by atoms with Gasteiger partial charge in [0.1, 0.15) is 10.8 Å². The molecule has 1 aliphatic heterocycles. The third-order valence-electron chi connectivity index (χ3n) is 6.65. The van der Waals surface area contributed by atoms with Crippen LogP contribution in [-0.2, 0) is 16.6 Å². The Balaban J connectivity index is 1.64. The average Bonchev–Trinajstić information content (AvgIpc) is 2.84. The molecule has 10 nitrogen and oxygen atoms in total. The fraction of sp³-hybridized carbons (Fsp3) is 0.417. The van der Waals surface area contributed by atoms with Crippen LogP contribution >= 0.6 is 11.6 Å². The Morgan fingerprint density at radius 2 is 1.92 bits per heavy atom. The van der Waals surface area contributed by atoms with Crippen LogP contribution in [0.25, 0.3) is 10.9 Å². The molecular weight excluding hydrogens is 506 g/mol. The number of nitro groups is 1. The van der Waals surface area contributed by atoms with Crippen molar-refractivity contribution in [1.82, 2.24) is 18.8 Å². The highest BCUT2D eigenvalue weighted by Gasteiger charge is 2.37. The predicted molar refractivity (Wildman–Crippen MR) is 138 cm³/mol. The zero-order valence-electron chi connectivity index (χ0n) is 20.3. The van der Waals surface area contributed by atoms with Gasteiger partial charge in [0.25, 0.3) is 11.2 Å². The number of halogens is 1. The summed E-state index contributed by atoms with van der Waals surface area (Å²) < 4.78 is 29.8. The standard InChI is InChI=1S/C24H28ClN5O5S/c1-4-21(23-26-20-9-7-6-8-18(20)24(31)28(23)5-2)27-12-13-29(16(3)15-27)36(34,35)17-10-11-19(25)22(14-17)30(32)33/h6-11,14,16,21H,4-5,12-13,15H2,1-3H3. The van der Waals surface area contributed by atoms with Gasteiger partial charge in [0.2, 0.25) is 10.0 Å². The van der Waals surface area contributed by atoms with Crippen molar-refractivity contribution in [3.8, 4) is 0 Å². The van der Waals surface area contributed by atoms with Gasteiger partial charge in [-0.25, -0.2) is 13.4 Å². The summed E-state index contributed by atoms with van der Waals surface area (Å²) in [6.45, 7) is 7.24. The Kier molecular flexibility index (Phi) is 7.46. The highest BCUT2D eigenvalue weighted by Crippen LogP contribution is 2.32. The van der Waals surface area contributed by atoms with Gasteiger partial charge in [-0.2, -0.15) is 4.31 Å². The van der Waals surface area contributed by atoms with Crippen molar-refractivity contribution in [1.29, 1.82) is 0 Å². The third-order valence-corrected chi connectivity index (χ3v) is 8.98. The molecule has 0 spiro atoms. The zero-order valence-corrected chi connectivity index (χ0v) is 21.9. The zero-order chi connectivity index (χ0) is 26.2. The van der Waals surface area contributed by atoms with Crippen molar-refractivity contribution in [2.75, 3.05) is 19.6 Å². The summed E-state index contributed by atoms with van der Waals surface area (Å²) in [6, 6.07) is 10.2. The molecule has 2 atom stereocenters. The van der Waals surface area contributed by atoms with Crippen LogP contribution in [0.1, 0.15) is 39.1 Å². The molecule has 1 aliphatic rings. The van der Waals surface area contributed by atoms with E-state index < -0.39 is 26.7 Å². The molecule has 1 aromatic heterocycles. The SMILES string of the molecule is CCC(c1nc2ccccc2c(=O)n1CC)N1CCN(S(=O)(=O)c2ccc(Cl)c([N+](=O)[O-])c2)C(C)C1. The van der Waals surface area contributed by atoms with Crippen molar-refractivity contribution in [2.45, 2.75) is 50.7 Å². The molecule has 2 unspecified atom stereocenters. The normalized spacial score (nSPS) is 18.4. The average molecular weight is 534 g/mol. The molecule has 0 amide bonds. The summed E-state index contributed by atoms with van der Waals surface area (Å²) in [7, 11) is -3.98. The first-order chi connectivity index (χ1) is 17.1. The number of benzene rings is 2. The minimum Gasteiger partial charge on any atom is -0.295 e. The predicted octanol–water partition coefficient (Wildman–Crippen LogP) is 3.82. The number of fused-ring (bicyclic) bond motifs is 1. The number of sulfonamides is 1. The van der Waals surface area contributed by atoms with Gasteiger partial charge in [-0.05, 0) is 44.5 Å². The maximum Gasteiger partial charge on any atom is 0.289 e. The number of aromatic nitrogens is 2. The molecule has 0 saturated carbocycles. The highest BCUT2D eigenvalue weighted by molar-refractivity contribution is 7.89. The third kappa shape index (κ3) is 4.63. The number of rotatable bonds is 7. The van der Waals surface area contributed by atoms with Gasteiger partial charge in [0.05, 0.1) is 26.8 Å². The van der Waals surface area contributed by atoms with E-state index in [4.69, 9.17) is 16.6 Å². The molecule has 1 fully saturated rings. The quantitative estimate of drug-likeness (QED) is 0.334. The fourth-order valence-corrected chi connectivity index (χ4v) is 6.71. The first-order valence-electron chi connectivity index (χ1n) is 11.8. The number of hydrogen-bond donors (Lipinski definition) is 0. The minimum atomic E-state index is -3.98. The molecule has 2 heterocycles. The molecule has 3 aromatic rings. The maximum atomic E-state index is 13.4. The van der Waals surface area contributed by atoms with Crippen LogP contribution in [0.15, 0.2) is 52.2 Å². The molecule has 192 valence electrons. The molecule has 1 saturated heterocycles. The van der Waals surface area contributed by atoms with E-state index in [-0.39, 0.29) is 28.1 Å². The van der Waals surface area contributed by atoms with Crippen LogP contribution in [0.2, 0.25) is 5.02 Å². The van der Waals surface area contributed by atoms with Crippen LogP contribution in [0.5, 0.6) is 0 Å². The Morgan fingerprint density at radius 3 is 2.56 bits per heavy atom. The van der Waals surface area contributed by atoms with E-state index in [2.05, 4.69) is 4.90 Å². The van der Waals surface area contributed by atoms with E-state index in [9.17, 15) is 23.3 Å². The molecule has 4 rings (SSSR count). The van der Waals surface area contributed by atoms with Gasteiger partial charge in [-0.3, -0.25) is 24.4 Å². The van der Waals surface area contributed by atoms with Crippen molar-refractivity contribution in [3.63, 3.8) is 0 Å². The van der Waals surface area contributed by atoms with Gasteiger partial charge in [-0.15, -0.1) is 0 Å². The second kappa shape index (κ2) is 10.3. The minimum absolute atomic E-state index is 0.0878. The van der Waals surface area contributed by atoms with E-state index >= 15 is 0 Å². The van der Waals surface area contributed by atoms with Crippen molar-refractivity contribution in [3.05, 3.63) is 73.8 Å². The molecule has 36 heavy (non-hydrogen) atoms. The molecule has 0 N–H and O–H groups in total. The Morgan fingerprint density at radius 1 is 1.19 bits per heavy atom. The molecule has 0 aliphatic carbocycles. The summed E-state index contributed by atoms with van der Waals surface area (Å²) >= 11 is 5.87. The van der Waals surface area contributed by atoms with Crippen LogP contribution in [-0.4, -0.2) is 57.8 Å². The topological polar surface area (TPSA) is 119 Å². The van der Waals surface area contributed by atoms with Gasteiger partial charge in [0.15, 0.2) is 0 Å². The summed E-state index contributed by atoms with van der Waals surface area (Å²) in [5.74, 6) is 0.667. The summed E-state index contributed by atoms with van der Waals surface area (Å²) in [4.78, 5) is 30.5. The van der Waals surface area contributed by atoms with Crippen molar-refractivity contribution >= 4 is 38.2 Å². The van der Waals surface area contributed by atoms with E-state index in [1.165, 1.54) is 16.4 Å². The Hall–Kier alpha value is -2.86. The van der Waals surface area contributed by atoms with E-state index in [1.54, 1.807) is 10.6 Å². The molecule has 0 radical (unpaired) electrons. The van der Waals surface area contributed by atoms with E-state index in [0.29, 0.717) is 42.8 Å². The number of para-hydroxylation sites is 1. The lowest BCUT2D eigenvalue weighted by Gasteiger charge is -2.42. The highest BCUT2D eigenvalue weighted by atomic mass is 35.5. The van der Waals surface area contributed by atoms with Crippen LogP contribution in [0.3, 0.4) is 0 Å². The second-order valence-corrected chi connectivity index (χ2v) is 11.1. The van der Waals surface area contributed by atoms with Gasteiger partial charge >= 0.3 is 0 Å². The van der Waals surface area contributed by atoms with Gasteiger partial charge in [0, 0.05) is 38.3 Å². The molecule has 2 aromatic carbocycles. The fourth-order valence-electron chi connectivity index (χ4n) is 4.89. The summed E-state index contributed by atoms with van der Waals surface area (Å²) in [5.41, 5.74) is 0.101. The monoisotopic (exact) mass is 533 g/mol. The van der Waals surface area contributed by atoms with Crippen LogP contribution < -0.4 is 5.56 Å². The first kappa shape index (κ1) is 26.2. The summed E-state index contributed by atoms with van der Waals surface area (Å²) in [5, 5.41) is 11.7. The number of nitrogens with zero attached hydrogens (tertiary/aromatic N) is 5. The van der Waals surface area contributed by atoms with Crippen molar-refractivity contribution in [2.24, 2.45) is 0 Å². The van der Waals surface area contributed by atoms with E-state index in [1.807, 2.05) is 39.0 Å².